The smallest absolute Gasteiger partial charge is 0.137 e. The van der Waals surface area contributed by atoms with Crippen LogP contribution in [0.15, 0.2) is 84.1 Å². The molecule has 0 radical (unpaired) electrons. The Morgan fingerprint density at radius 3 is 2.27 bits per heavy atom. The minimum absolute atomic E-state index is 0.308. The fraction of sp³-hybridized carbons (Fsp3) is 0.259. The molecule has 174 valence electrons. The normalized spacial score (nSPS) is 11.5. The maximum absolute atomic E-state index is 6.51. The summed E-state index contributed by atoms with van der Waals surface area (Å²) < 4.78 is 11.3. The maximum Gasteiger partial charge on any atom is 0.137 e. The molecule has 0 saturated heterocycles. The van der Waals surface area contributed by atoms with E-state index < -0.39 is 0 Å². The summed E-state index contributed by atoms with van der Waals surface area (Å²) in [7, 11) is 0. The SMILES string of the molecule is CCCOC/N=C/C(=C(\N)c1ccc(OCc2ccccc2)cc1)c1ccncc1.CSC. The molecule has 3 rings (SSSR count). The van der Waals surface area contributed by atoms with E-state index in [2.05, 4.69) is 16.9 Å². The first-order valence-corrected chi connectivity index (χ1v) is 12.5. The van der Waals surface area contributed by atoms with Gasteiger partial charge in [-0.3, -0.25) is 9.98 Å². The van der Waals surface area contributed by atoms with Crippen molar-refractivity contribution in [2.45, 2.75) is 20.0 Å². The highest BCUT2D eigenvalue weighted by atomic mass is 32.2. The molecule has 0 aliphatic rings. The van der Waals surface area contributed by atoms with E-state index in [-0.39, 0.29) is 0 Å². The van der Waals surface area contributed by atoms with E-state index in [0.29, 0.717) is 25.6 Å². The van der Waals surface area contributed by atoms with Crippen molar-refractivity contribution in [1.29, 1.82) is 0 Å². The van der Waals surface area contributed by atoms with Crippen molar-refractivity contribution in [1.82, 2.24) is 4.98 Å². The van der Waals surface area contributed by atoms with Gasteiger partial charge in [0.05, 0.1) is 0 Å². The molecule has 1 aromatic heterocycles. The Balaban J connectivity index is 0.00000122. The largest absolute Gasteiger partial charge is 0.489 e. The van der Waals surface area contributed by atoms with Gasteiger partial charge in [-0.25, -0.2) is 0 Å². The van der Waals surface area contributed by atoms with Gasteiger partial charge in [0, 0.05) is 36.5 Å². The highest BCUT2D eigenvalue weighted by Gasteiger charge is 2.08. The third-order valence-electron chi connectivity index (χ3n) is 4.43. The third kappa shape index (κ3) is 9.51. The van der Waals surface area contributed by atoms with Crippen LogP contribution in [0, 0.1) is 0 Å². The quantitative estimate of drug-likeness (QED) is 0.298. The molecule has 33 heavy (non-hydrogen) atoms. The Hall–Kier alpha value is -3.09. The lowest BCUT2D eigenvalue weighted by molar-refractivity contribution is 0.143. The lowest BCUT2D eigenvalue weighted by Gasteiger charge is -2.11. The van der Waals surface area contributed by atoms with Crippen molar-refractivity contribution in [3.8, 4) is 5.75 Å². The van der Waals surface area contributed by atoms with E-state index in [4.69, 9.17) is 15.2 Å². The highest BCUT2D eigenvalue weighted by Crippen LogP contribution is 2.23. The molecular weight excluding hydrogens is 430 g/mol. The van der Waals surface area contributed by atoms with Crippen LogP contribution in [0.25, 0.3) is 11.3 Å². The molecule has 0 aliphatic carbocycles. The van der Waals surface area contributed by atoms with Gasteiger partial charge in [0.2, 0.25) is 0 Å². The van der Waals surface area contributed by atoms with E-state index in [9.17, 15) is 0 Å². The minimum Gasteiger partial charge on any atom is -0.489 e. The molecule has 0 fully saturated rings. The molecule has 1 heterocycles. The number of nitrogens with two attached hydrogens (primary N) is 1. The lowest BCUT2D eigenvalue weighted by Crippen LogP contribution is -2.04. The molecule has 0 atom stereocenters. The molecule has 3 aromatic rings. The number of aliphatic imine (C=N–C) groups is 1. The summed E-state index contributed by atoms with van der Waals surface area (Å²) >= 11 is 1.75. The zero-order valence-electron chi connectivity index (χ0n) is 19.6. The molecule has 2 N–H and O–H groups in total. The van der Waals surface area contributed by atoms with E-state index in [1.807, 2.05) is 79.2 Å². The molecule has 0 aliphatic heterocycles. The van der Waals surface area contributed by atoms with Crippen LogP contribution in [-0.4, -0.2) is 37.0 Å². The number of nitrogens with zero attached hydrogens (tertiary/aromatic N) is 2. The monoisotopic (exact) mass is 463 g/mol. The second kappa shape index (κ2) is 15.7. The molecule has 0 spiro atoms. The minimum atomic E-state index is 0.308. The first-order valence-electron chi connectivity index (χ1n) is 10.8. The Morgan fingerprint density at radius 1 is 0.970 bits per heavy atom. The second-order valence-corrected chi connectivity index (χ2v) is 7.94. The summed E-state index contributed by atoms with van der Waals surface area (Å²) in [6.07, 6.45) is 10.3. The molecule has 0 unspecified atom stereocenters. The van der Waals surface area contributed by atoms with E-state index in [0.717, 1.165) is 34.4 Å². The van der Waals surface area contributed by atoms with Gasteiger partial charge in [0.25, 0.3) is 0 Å². The van der Waals surface area contributed by atoms with Gasteiger partial charge in [-0.05, 0) is 72.0 Å². The zero-order valence-corrected chi connectivity index (χ0v) is 20.4. The number of allylic oxidation sites excluding steroid dienone is 1. The summed E-state index contributed by atoms with van der Waals surface area (Å²) in [6, 6.07) is 21.7. The molecule has 6 heteroatoms. The number of ether oxygens (including phenoxy) is 2. The Labute approximate surface area is 201 Å². The summed E-state index contributed by atoms with van der Waals surface area (Å²) in [5, 5.41) is 0. The van der Waals surface area contributed by atoms with Crippen molar-refractivity contribution < 1.29 is 9.47 Å². The number of hydrogen-bond donors (Lipinski definition) is 1. The number of benzene rings is 2. The molecule has 0 bridgehead atoms. The van der Waals surface area contributed by atoms with E-state index >= 15 is 0 Å². The average Bonchev–Trinajstić information content (AvgIpc) is 2.86. The van der Waals surface area contributed by atoms with Gasteiger partial charge < -0.3 is 15.2 Å². The van der Waals surface area contributed by atoms with E-state index in [1.54, 1.807) is 30.4 Å². The lowest BCUT2D eigenvalue weighted by atomic mass is 10.0. The predicted molar refractivity (Wildman–Crippen MR) is 141 cm³/mol. The van der Waals surface area contributed by atoms with Crippen LogP contribution in [-0.2, 0) is 11.3 Å². The summed E-state index contributed by atoms with van der Waals surface area (Å²) in [4.78, 5) is 8.47. The molecule has 0 saturated carbocycles. The Kier molecular flexibility index (Phi) is 12.4. The van der Waals surface area contributed by atoms with Crippen LogP contribution < -0.4 is 10.5 Å². The fourth-order valence-electron chi connectivity index (χ4n) is 2.85. The van der Waals surface area contributed by atoms with Crippen LogP contribution >= 0.6 is 11.8 Å². The zero-order chi connectivity index (χ0) is 23.7. The van der Waals surface area contributed by atoms with E-state index in [1.165, 1.54) is 0 Å². The number of aromatic nitrogens is 1. The van der Waals surface area contributed by atoms with Crippen LogP contribution in [0.3, 0.4) is 0 Å². The van der Waals surface area contributed by atoms with Gasteiger partial charge >= 0.3 is 0 Å². The molecule has 5 nitrogen and oxygen atoms in total. The van der Waals surface area contributed by atoms with Crippen molar-refractivity contribution >= 4 is 29.2 Å². The van der Waals surface area contributed by atoms with Gasteiger partial charge in [-0.2, -0.15) is 11.8 Å². The van der Waals surface area contributed by atoms with Crippen LogP contribution in [0.1, 0.15) is 30.0 Å². The third-order valence-corrected chi connectivity index (χ3v) is 4.43. The van der Waals surface area contributed by atoms with Crippen molar-refractivity contribution in [2.24, 2.45) is 10.7 Å². The predicted octanol–water partition coefficient (Wildman–Crippen LogP) is 5.92. The fourth-order valence-corrected chi connectivity index (χ4v) is 2.85. The number of pyridine rings is 1. The van der Waals surface area contributed by atoms with Crippen molar-refractivity contribution in [3.05, 3.63) is 95.8 Å². The summed E-state index contributed by atoms with van der Waals surface area (Å²) in [6.45, 7) is 3.59. The van der Waals surface area contributed by atoms with Crippen LogP contribution in [0.2, 0.25) is 0 Å². The standard InChI is InChI=1S/C25H27N3O2.C2H6S/c1-2-16-29-19-28-17-24(21-12-14-27-15-13-21)25(26)22-8-10-23(11-9-22)30-18-20-6-4-3-5-7-20;1-3-2/h3-15,17H,2,16,18-19,26H2,1H3;1-2H3/b25-24+,28-17+;. The first kappa shape index (κ1) is 26.2. The van der Waals surface area contributed by atoms with Crippen molar-refractivity contribution in [2.75, 3.05) is 25.8 Å². The Bertz CT molecular complexity index is 975. The topological polar surface area (TPSA) is 69.7 Å². The molecule has 2 aromatic carbocycles. The van der Waals surface area contributed by atoms with Crippen molar-refractivity contribution in [3.63, 3.8) is 0 Å². The average molecular weight is 464 g/mol. The summed E-state index contributed by atoms with van der Waals surface area (Å²) in [5.74, 6) is 0.794. The molecular formula is C27H33N3O2S. The van der Waals surface area contributed by atoms with Gasteiger partial charge in [-0.15, -0.1) is 0 Å². The number of rotatable bonds is 10. The summed E-state index contributed by atoms with van der Waals surface area (Å²) in [5.41, 5.74) is 11.0. The number of thioether (sulfide) groups is 1. The highest BCUT2D eigenvalue weighted by molar-refractivity contribution is 7.97. The number of hydrogen-bond acceptors (Lipinski definition) is 6. The van der Waals surface area contributed by atoms with Crippen LogP contribution in [0.5, 0.6) is 5.75 Å². The Morgan fingerprint density at radius 2 is 1.64 bits per heavy atom. The van der Waals surface area contributed by atoms with Gasteiger partial charge in [0.1, 0.15) is 19.1 Å². The van der Waals surface area contributed by atoms with Gasteiger partial charge in [0.15, 0.2) is 0 Å². The maximum atomic E-state index is 6.51. The molecule has 0 amide bonds. The first-order chi connectivity index (χ1) is 16.2. The van der Waals surface area contributed by atoms with Gasteiger partial charge in [-0.1, -0.05) is 37.3 Å². The second-order valence-electron chi connectivity index (χ2n) is 7.12. The van der Waals surface area contributed by atoms with Crippen LogP contribution in [0.4, 0.5) is 0 Å².